The number of nitrogens with one attached hydrogen (secondary N) is 2. The van der Waals surface area contributed by atoms with E-state index >= 15 is 0 Å². The quantitative estimate of drug-likeness (QED) is 0.0819. The highest BCUT2D eigenvalue weighted by molar-refractivity contribution is 7.47. The average Bonchev–Trinajstić information content (AvgIpc) is 3.72. The van der Waals surface area contributed by atoms with E-state index in [1.165, 1.54) is 18.0 Å². The molecular weight excluding hydrogens is 615 g/mol. The number of nitrogens with zero attached hydrogens (tertiary/aromatic N) is 6. The molecule has 0 aromatic carbocycles. The van der Waals surface area contributed by atoms with Gasteiger partial charge in [0.25, 0.3) is 11.1 Å². The molecule has 0 aliphatic carbocycles. The molecule has 6 heterocycles. The van der Waals surface area contributed by atoms with E-state index in [-0.39, 0.29) is 34.2 Å². The third-order valence-electron chi connectivity index (χ3n) is 7.18. The van der Waals surface area contributed by atoms with Crippen LogP contribution in [0.5, 0.6) is 0 Å². The summed E-state index contributed by atoms with van der Waals surface area (Å²) in [4.78, 5) is 55.6. The van der Waals surface area contributed by atoms with E-state index < -0.39 is 81.2 Å². The molecule has 0 amide bonds. The van der Waals surface area contributed by atoms with Crippen LogP contribution < -0.4 is 22.6 Å². The molecule has 0 spiro atoms. The zero-order chi connectivity index (χ0) is 31.5. The lowest BCUT2D eigenvalue weighted by atomic mass is 10.1. The average molecular weight is 642 g/mol. The number of nitrogens with two attached hydrogens (primary N) is 2. The van der Waals surface area contributed by atoms with E-state index in [1.807, 2.05) is 0 Å². The zero-order valence-corrected chi connectivity index (χ0v) is 23.4. The summed E-state index contributed by atoms with van der Waals surface area (Å²) in [5.41, 5.74) is 9.76. The Kier molecular flexibility index (Phi) is 7.73. The summed E-state index contributed by atoms with van der Waals surface area (Å²) >= 11 is 0. The molecule has 4 aromatic rings. The number of aromatic nitrogens is 8. The number of fused-ring (bicyclic) bond motifs is 2. The van der Waals surface area contributed by atoms with Crippen molar-refractivity contribution in [1.82, 2.24) is 39.0 Å². The second-order valence-electron chi connectivity index (χ2n) is 9.88. The number of hydrogen-bond donors (Lipinski definition) is 8. The molecule has 4 aromatic heterocycles. The molecule has 10 N–H and O–H groups in total. The molecule has 0 bridgehead atoms. The first-order chi connectivity index (χ1) is 20.9. The topological polar surface area (TPSA) is 323 Å². The highest BCUT2D eigenvalue weighted by atomic mass is 31.2. The van der Waals surface area contributed by atoms with Gasteiger partial charge < -0.3 is 45.9 Å². The van der Waals surface area contributed by atoms with Gasteiger partial charge in [0.1, 0.15) is 36.6 Å². The van der Waals surface area contributed by atoms with Gasteiger partial charge in [-0.2, -0.15) is 9.97 Å². The lowest BCUT2D eigenvalue weighted by molar-refractivity contribution is -0.0644. The standard InChI is InChI=1S/C21H27N10O12P/c1-39-12-11(34)7(42-18(12)30-4-24-8-14(30)26-20(22)28-16(8)35)3-40-44(37,38)43-13-10(33)6(2-32)41-19(13)31-5-25-9-15(31)27-21(23)29-17(9)36/h4-7,10-13,18-19,32-34H,2-3H2,1H3,(H,37,38)(H3,22,26,28,35)(H3,23,27,29,36)/t6-,7+,10-,11-,12-,13-,18-,19-/m1/s1. The van der Waals surface area contributed by atoms with Crippen molar-refractivity contribution in [2.45, 2.75) is 49.1 Å². The third kappa shape index (κ3) is 5.15. The Morgan fingerprint density at radius 1 is 0.932 bits per heavy atom. The van der Waals surface area contributed by atoms with Gasteiger partial charge in [0.05, 0.1) is 25.9 Å². The Hall–Kier alpha value is -3.83. The Morgan fingerprint density at radius 2 is 1.43 bits per heavy atom. The van der Waals surface area contributed by atoms with Crippen molar-refractivity contribution in [2.24, 2.45) is 0 Å². The van der Waals surface area contributed by atoms with Gasteiger partial charge in [0.2, 0.25) is 11.9 Å². The molecule has 0 saturated carbocycles. The highest BCUT2D eigenvalue weighted by Gasteiger charge is 2.51. The fourth-order valence-electron chi connectivity index (χ4n) is 5.15. The largest absolute Gasteiger partial charge is 0.472 e. The number of aliphatic hydroxyl groups is 3. The Labute approximate surface area is 243 Å². The van der Waals surface area contributed by atoms with Crippen LogP contribution in [0.25, 0.3) is 22.3 Å². The van der Waals surface area contributed by atoms with Crippen LogP contribution in [0.3, 0.4) is 0 Å². The van der Waals surface area contributed by atoms with E-state index in [2.05, 4.69) is 29.9 Å². The third-order valence-corrected chi connectivity index (χ3v) is 8.17. The summed E-state index contributed by atoms with van der Waals surface area (Å²) in [6.45, 7) is -1.42. The fourth-order valence-corrected chi connectivity index (χ4v) is 6.08. The van der Waals surface area contributed by atoms with E-state index in [0.717, 1.165) is 10.9 Å². The molecule has 238 valence electrons. The number of ether oxygens (including phenoxy) is 3. The second kappa shape index (κ2) is 11.3. The minimum absolute atomic E-state index is 0.0354. The number of phosphoric acid groups is 1. The monoisotopic (exact) mass is 642 g/mol. The van der Waals surface area contributed by atoms with Gasteiger partial charge in [0.15, 0.2) is 34.8 Å². The number of anilines is 2. The van der Waals surface area contributed by atoms with Gasteiger partial charge in [-0.25, -0.2) is 14.5 Å². The van der Waals surface area contributed by atoms with Crippen molar-refractivity contribution in [2.75, 3.05) is 31.8 Å². The van der Waals surface area contributed by atoms with E-state index in [9.17, 15) is 34.4 Å². The summed E-state index contributed by atoms with van der Waals surface area (Å²) in [5, 5.41) is 31.3. The van der Waals surface area contributed by atoms with Crippen molar-refractivity contribution in [3.05, 3.63) is 33.4 Å². The van der Waals surface area contributed by atoms with Gasteiger partial charge in [-0.1, -0.05) is 0 Å². The number of hydrogen-bond acceptors (Lipinski definition) is 17. The molecule has 6 rings (SSSR count). The predicted octanol–water partition coefficient (Wildman–Crippen LogP) is -3.56. The summed E-state index contributed by atoms with van der Waals surface area (Å²) in [6.07, 6.45) is -8.51. The smallest absolute Gasteiger partial charge is 0.394 e. The maximum Gasteiger partial charge on any atom is 0.472 e. The molecule has 9 atom stereocenters. The van der Waals surface area contributed by atoms with Gasteiger partial charge >= 0.3 is 7.82 Å². The molecular formula is C21H27N10O12P. The molecule has 2 aliphatic rings. The fraction of sp³-hybridized carbons (Fsp3) is 0.524. The predicted molar refractivity (Wildman–Crippen MR) is 143 cm³/mol. The number of imidazole rings is 2. The Morgan fingerprint density at radius 3 is 1.95 bits per heavy atom. The van der Waals surface area contributed by atoms with E-state index in [1.54, 1.807) is 0 Å². The van der Waals surface area contributed by atoms with Crippen LogP contribution in [0, 0.1) is 0 Å². The molecule has 2 fully saturated rings. The zero-order valence-electron chi connectivity index (χ0n) is 22.5. The maximum absolute atomic E-state index is 13.1. The molecule has 44 heavy (non-hydrogen) atoms. The highest BCUT2D eigenvalue weighted by Crippen LogP contribution is 2.50. The van der Waals surface area contributed by atoms with Crippen molar-refractivity contribution < 1.29 is 48.0 Å². The van der Waals surface area contributed by atoms with E-state index in [4.69, 9.17) is 34.7 Å². The van der Waals surface area contributed by atoms with E-state index in [0.29, 0.717) is 0 Å². The normalized spacial score (nSPS) is 30.4. The first-order valence-corrected chi connectivity index (χ1v) is 14.3. The van der Waals surface area contributed by atoms with Crippen molar-refractivity contribution in [1.29, 1.82) is 0 Å². The molecule has 2 saturated heterocycles. The van der Waals surface area contributed by atoms with Crippen LogP contribution >= 0.6 is 7.82 Å². The number of phosphoric ester groups is 1. The van der Waals surface area contributed by atoms with Gasteiger partial charge in [0, 0.05) is 7.11 Å². The number of aliphatic hydroxyl groups excluding tert-OH is 3. The molecule has 1 unspecified atom stereocenters. The lowest BCUT2D eigenvalue weighted by Gasteiger charge is -2.25. The number of nitrogen functional groups attached to an aromatic ring is 2. The molecule has 22 nitrogen and oxygen atoms in total. The van der Waals surface area contributed by atoms with Crippen LogP contribution in [-0.4, -0.2) is 116 Å². The molecule has 2 aliphatic heterocycles. The Balaban J connectivity index is 1.21. The lowest BCUT2D eigenvalue weighted by Crippen LogP contribution is -2.36. The summed E-state index contributed by atoms with van der Waals surface area (Å²) in [7, 11) is -3.78. The summed E-state index contributed by atoms with van der Waals surface area (Å²) in [6, 6.07) is 0. The SMILES string of the molecule is CO[C@@H]1[C@H](O)[C@H](COP(=O)(O)O[C@@H]2[C@H](O)[C@@H](CO)O[C@H]2n2cnc3c(=O)[nH]c(N)nc32)O[C@H]1n1cnc2c(=O)[nH]c(N)nc21. The Bertz CT molecular complexity index is 1860. The van der Waals surface area contributed by atoms with Crippen LogP contribution in [-0.2, 0) is 27.8 Å². The van der Waals surface area contributed by atoms with Crippen molar-refractivity contribution >= 4 is 42.0 Å². The minimum atomic E-state index is -5.07. The first kappa shape index (κ1) is 30.2. The molecule has 0 radical (unpaired) electrons. The van der Waals surface area contributed by atoms with Crippen LogP contribution in [0.15, 0.2) is 22.2 Å². The number of aromatic amines is 2. The number of H-pyrrole nitrogens is 2. The summed E-state index contributed by atoms with van der Waals surface area (Å²) in [5.74, 6) is -0.447. The van der Waals surface area contributed by atoms with Crippen molar-refractivity contribution in [3.8, 4) is 0 Å². The maximum atomic E-state index is 13.1. The van der Waals surface area contributed by atoms with Gasteiger partial charge in [-0.3, -0.25) is 37.7 Å². The number of methoxy groups -OCH3 is 1. The minimum Gasteiger partial charge on any atom is -0.394 e. The van der Waals surface area contributed by atoms with Gasteiger partial charge in [-0.05, 0) is 0 Å². The van der Waals surface area contributed by atoms with Gasteiger partial charge in [-0.15, -0.1) is 0 Å². The van der Waals surface area contributed by atoms with Crippen LogP contribution in [0.2, 0.25) is 0 Å². The van der Waals surface area contributed by atoms with Crippen LogP contribution in [0.4, 0.5) is 11.9 Å². The first-order valence-electron chi connectivity index (χ1n) is 12.8. The van der Waals surface area contributed by atoms with Crippen molar-refractivity contribution in [3.63, 3.8) is 0 Å². The molecule has 23 heteroatoms. The summed E-state index contributed by atoms with van der Waals surface area (Å²) < 4.78 is 42.8. The number of rotatable bonds is 9. The second-order valence-corrected chi connectivity index (χ2v) is 11.3. The van der Waals surface area contributed by atoms with Crippen LogP contribution in [0.1, 0.15) is 12.5 Å².